The van der Waals surface area contributed by atoms with Gasteiger partial charge in [0.25, 0.3) is 0 Å². The molecule has 2 aromatic carbocycles. The van der Waals surface area contributed by atoms with Gasteiger partial charge in [0, 0.05) is 16.6 Å². The number of para-hydroxylation sites is 1. The predicted octanol–water partition coefficient (Wildman–Crippen LogP) is 5.02. The summed E-state index contributed by atoms with van der Waals surface area (Å²) in [4.78, 5) is 17.2. The van der Waals surface area contributed by atoms with Crippen LogP contribution < -0.4 is 11.1 Å². The molecule has 4 rings (SSSR count). The maximum absolute atomic E-state index is 12.2. The second kappa shape index (κ2) is 7.11. The van der Waals surface area contributed by atoms with E-state index in [-0.39, 0.29) is 5.63 Å². The molecule has 0 unspecified atom stereocenters. The average molecular weight is 382 g/mol. The lowest BCUT2D eigenvalue weighted by Gasteiger charge is -1.99. The van der Waals surface area contributed by atoms with Crippen molar-refractivity contribution < 1.29 is 4.42 Å². The number of fused-ring (bicyclic) bond motifs is 1. The van der Waals surface area contributed by atoms with Gasteiger partial charge in [-0.25, -0.2) is 9.78 Å². The van der Waals surface area contributed by atoms with Crippen LogP contribution in [-0.2, 0) is 0 Å². The second-order valence-electron chi connectivity index (χ2n) is 5.44. The van der Waals surface area contributed by atoms with E-state index in [9.17, 15) is 4.79 Å². The molecule has 0 atom stereocenters. The molecule has 0 amide bonds. The molecule has 2 aromatic heterocycles. The van der Waals surface area contributed by atoms with Crippen LogP contribution in [0.25, 0.3) is 21.4 Å². The fourth-order valence-electron chi connectivity index (χ4n) is 2.43. The Morgan fingerprint density at radius 2 is 2.04 bits per heavy atom. The number of aromatic nitrogens is 1. The lowest BCUT2D eigenvalue weighted by molar-refractivity contribution is 0.563. The molecule has 0 saturated carbocycles. The molecular formula is C19H12ClN3O2S. The van der Waals surface area contributed by atoms with E-state index in [2.05, 4.69) is 15.5 Å². The molecule has 0 aliphatic rings. The minimum Gasteiger partial charge on any atom is -0.422 e. The molecule has 26 heavy (non-hydrogen) atoms. The van der Waals surface area contributed by atoms with E-state index < -0.39 is 0 Å². The highest BCUT2D eigenvalue weighted by Crippen LogP contribution is 2.28. The third kappa shape index (κ3) is 3.51. The number of benzene rings is 2. The number of nitrogens with zero attached hydrogens (tertiary/aromatic N) is 2. The average Bonchev–Trinajstić information content (AvgIpc) is 3.10. The van der Waals surface area contributed by atoms with Crippen molar-refractivity contribution in [2.75, 3.05) is 5.43 Å². The number of hydrazone groups is 1. The summed E-state index contributed by atoms with van der Waals surface area (Å²) in [5.41, 5.74) is 4.39. The van der Waals surface area contributed by atoms with Crippen molar-refractivity contribution in [1.82, 2.24) is 4.98 Å². The molecule has 0 spiro atoms. The highest BCUT2D eigenvalue weighted by molar-refractivity contribution is 7.18. The van der Waals surface area contributed by atoms with Gasteiger partial charge in [-0.15, -0.1) is 0 Å². The van der Waals surface area contributed by atoms with Gasteiger partial charge in [-0.1, -0.05) is 53.3 Å². The van der Waals surface area contributed by atoms with Crippen LogP contribution >= 0.6 is 22.9 Å². The van der Waals surface area contributed by atoms with Crippen LogP contribution in [0.5, 0.6) is 0 Å². The fourth-order valence-corrected chi connectivity index (χ4v) is 3.40. The van der Waals surface area contributed by atoms with Gasteiger partial charge in [-0.2, -0.15) is 5.10 Å². The first-order valence-electron chi connectivity index (χ1n) is 7.73. The molecule has 4 aromatic rings. The van der Waals surface area contributed by atoms with Gasteiger partial charge >= 0.3 is 5.63 Å². The van der Waals surface area contributed by atoms with Crippen molar-refractivity contribution in [3.8, 4) is 10.4 Å². The van der Waals surface area contributed by atoms with E-state index in [1.807, 2.05) is 36.4 Å². The number of hydrogen-bond acceptors (Lipinski definition) is 6. The lowest BCUT2D eigenvalue weighted by atomic mass is 10.2. The van der Waals surface area contributed by atoms with Crippen LogP contribution in [-0.4, -0.2) is 11.2 Å². The Morgan fingerprint density at radius 1 is 1.15 bits per heavy atom. The van der Waals surface area contributed by atoms with Crippen LogP contribution in [0.1, 0.15) is 5.56 Å². The van der Waals surface area contributed by atoms with E-state index in [4.69, 9.17) is 16.0 Å². The minimum absolute atomic E-state index is 0.388. The third-order valence-electron chi connectivity index (χ3n) is 3.64. The number of thiazole rings is 1. The monoisotopic (exact) mass is 381 g/mol. The summed E-state index contributed by atoms with van der Waals surface area (Å²) in [6.45, 7) is 0. The SMILES string of the molecule is O=c1oc2ccccc2cc1-c1cnc(N/N=C\c2cccc(Cl)c2)s1. The maximum Gasteiger partial charge on any atom is 0.345 e. The summed E-state index contributed by atoms with van der Waals surface area (Å²) in [5.74, 6) is 0. The van der Waals surface area contributed by atoms with Crippen LogP contribution in [0.2, 0.25) is 5.02 Å². The Labute approximate surface area is 157 Å². The van der Waals surface area contributed by atoms with Gasteiger partial charge in [-0.3, -0.25) is 5.43 Å². The molecule has 0 saturated heterocycles. The number of rotatable bonds is 4. The molecule has 0 aliphatic heterocycles. The Balaban J connectivity index is 1.56. The van der Waals surface area contributed by atoms with E-state index in [1.165, 1.54) is 11.3 Å². The molecule has 7 heteroatoms. The Hall–Kier alpha value is -2.96. The maximum atomic E-state index is 12.2. The summed E-state index contributed by atoms with van der Waals surface area (Å²) in [5, 5.41) is 6.23. The molecule has 0 radical (unpaired) electrons. The molecule has 0 aliphatic carbocycles. The van der Waals surface area contributed by atoms with Crippen molar-refractivity contribution in [2.24, 2.45) is 5.10 Å². The van der Waals surface area contributed by atoms with Gasteiger partial charge in [0.2, 0.25) is 5.13 Å². The molecule has 1 N–H and O–H groups in total. The van der Waals surface area contributed by atoms with E-state index in [0.29, 0.717) is 26.2 Å². The number of hydrogen-bond donors (Lipinski definition) is 1. The van der Waals surface area contributed by atoms with E-state index in [0.717, 1.165) is 10.9 Å². The first kappa shape index (κ1) is 16.5. The largest absolute Gasteiger partial charge is 0.422 e. The Morgan fingerprint density at radius 3 is 2.92 bits per heavy atom. The summed E-state index contributed by atoms with van der Waals surface area (Å²) in [6.07, 6.45) is 3.28. The molecule has 128 valence electrons. The molecule has 5 nitrogen and oxygen atoms in total. The Kier molecular flexibility index (Phi) is 4.51. The van der Waals surface area contributed by atoms with Crippen molar-refractivity contribution in [1.29, 1.82) is 0 Å². The van der Waals surface area contributed by atoms with Gasteiger partial charge in [0.1, 0.15) is 5.58 Å². The standard InChI is InChI=1S/C19H12ClN3O2S/c20-14-6-3-4-12(8-14)10-22-23-19-21-11-17(26-19)15-9-13-5-1-2-7-16(13)25-18(15)24/h1-11H,(H,21,23)/b22-10-. The number of anilines is 1. The summed E-state index contributed by atoms with van der Waals surface area (Å²) in [6, 6.07) is 16.6. The van der Waals surface area contributed by atoms with Crippen LogP contribution in [0.3, 0.4) is 0 Å². The van der Waals surface area contributed by atoms with Gasteiger partial charge in [0.15, 0.2) is 0 Å². The van der Waals surface area contributed by atoms with Gasteiger partial charge < -0.3 is 4.42 Å². The first-order valence-corrected chi connectivity index (χ1v) is 8.92. The minimum atomic E-state index is -0.388. The number of nitrogens with one attached hydrogen (secondary N) is 1. The smallest absolute Gasteiger partial charge is 0.345 e. The highest BCUT2D eigenvalue weighted by atomic mass is 35.5. The van der Waals surface area contributed by atoms with Gasteiger partial charge in [0.05, 0.1) is 16.7 Å². The van der Waals surface area contributed by atoms with E-state index >= 15 is 0 Å². The zero-order valence-corrected chi connectivity index (χ0v) is 14.9. The third-order valence-corrected chi connectivity index (χ3v) is 4.81. The van der Waals surface area contributed by atoms with Gasteiger partial charge in [-0.05, 0) is 29.8 Å². The van der Waals surface area contributed by atoms with Crippen molar-refractivity contribution >= 4 is 45.3 Å². The van der Waals surface area contributed by atoms with Crippen molar-refractivity contribution in [3.63, 3.8) is 0 Å². The van der Waals surface area contributed by atoms with Crippen LogP contribution in [0.15, 0.2) is 75.1 Å². The van der Waals surface area contributed by atoms with Crippen molar-refractivity contribution in [2.45, 2.75) is 0 Å². The molecular weight excluding hydrogens is 370 g/mol. The van der Waals surface area contributed by atoms with Crippen LogP contribution in [0, 0.1) is 0 Å². The topological polar surface area (TPSA) is 67.5 Å². The Bertz CT molecular complexity index is 1170. The summed E-state index contributed by atoms with van der Waals surface area (Å²) >= 11 is 7.26. The quantitative estimate of drug-likeness (QED) is 0.306. The molecule has 0 fully saturated rings. The highest BCUT2D eigenvalue weighted by Gasteiger charge is 2.11. The molecule has 0 bridgehead atoms. The fraction of sp³-hybridized carbons (Fsp3) is 0. The first-order chi connectivity index (χ1) is 12.7. The van der Waals surface area contributed by atoms with Crippen LogP contribution in [0.4, 0.5) is 5.13 Å². The zero-order chi connectivity index (χ0) is 17.9. The summed E-state index contributed by atoms with van der Waals surface area (Å²) < 4.78 is 5.37. The second-order valence-corrected chi connectivity index (χ2v) is 6.91. The number of halogens is 1. The van der Waals surface area contributed by atoms with E-state index in [1.54, 1.807) is 30.6 Å². The molecule has 2 heterocycles. The summed E-state index contributed by atoms with van der Waals surface area (Å²) in [7, 11) is 0. The van der Waals surface area contributed by atoms with Crippen molar-refractivity contribution in [3.05, 3.63) is 81.8 Å². The predicted molar refractivity (Wildman–Crippen MR) is 106 cm³/mol. The lowest BCUT2D eigenvalue weighted by Crippen LogP contribution is -2.01. The normalized spacial score (nSPS) is 11.3. The zero-order valence-electron chi connectivity index (χ0n) is 13.3.